The number of nitro benzene ring substituents is 1. The van der Waals surface area contributed by atoms with Crippen LogP contribution in [0.15, 0.2) is 18.2 Å². The zero-order valence-corrected chi connectivity index (χ0v) is 12.5. The molecular formula is C14H14Cl2N2O2. The summed E-state index contributed by atoms with van der Waals surface area (Å²) in [6.45, 7) is 2.17. The SMILES string of the molecule is CCCCCCl.O=[N+]([O-])c1cc2ccc(Cl)c3c1nc23. The molecule has 106 valence electrons. The maximum absolute atomic E-state index is 10.7. The van der Waals surface area contributed by atoms with Crippen LogP contribution in [0.4, 0.5) is 5.69 Å². The molecule has 0 radical (unpaired) electrons. The van der Waals surface area contributed by atoms with Crippen molar-refractivity contribution in [1.29, 1.82) is 0 Å². The Morgan fingerprint density at radius 2 is 2.05 bits per heavy atom. The van der Waals surface area contributed by atoms with E-state index in [0.29, 0.717) is 10.5 Å². The fraction of sp³-hybridized carbons (Fsp3) is 0.357. The van der Waals surface area contributed by atoms with E-state index in [0.717, 1.165) is 22.2 Å². The fourth-order valence-electron chi connectivity index (χ4n) is 2.04. The molecule has 4 bridgehead atoms. The number of nitro groups is 1. The van der Waals surface area contributed by atoms with Crippen LogP contribution in [0.25, 0.3) is 21.8 Å². The van der Waals surface area contributed by atoms with Crippen molar-refractivity contribution in [2.75, 3.05) is 5.88 Å². The molecule has 0 N–H and O–H groups in total. The number of rotatable bonds is 4. The van der Waals surface area contributed by atoms with Gasteiger partial charge in [0.2, 0.25) is 0 Å². The lowest BCUT2D eigenvalue weighted by atomic mass is 10.0. The molecule has 0 spiro atoms. The normalized spacial score (nSPS) is 10.9. The minimum atomic E-state index is -0.432. The highest BCUT2D eigenvalue weighted by Gasteiger charge is 2.24. The molecule has 4 nitrogen and oxygen atoms in total. The number of halogens is 2. The van der Waals surface area contributed by atoms with Crippen LogP contribution in [0, 0.1) is 10.1 Å². The van der Waals surface area contributed by atoms with E-state index in [2.05, 4.69) is 11.9 Å². The van der Waals surface area contributed by atoms with Gasteiger partial charge in [-0.25, -0.2) is 4.98 Å². The number of hydrogen-bond acceptors (Lipinski definition) is 3. The predicted octanol–water partition coefficient (Wildman–Crippen LogP) is 5.24. The van der Waals surface area contributed by atoms with Crippen molar-refractivity contribution in [3.8, 4) is 0 Å². The van der Waals surface area contributed by atoms with Crippen LogP contribution in [-0.2, 0) is 0 Å². The Bertz CT molecular complexity index is 698. The van der Waals surface area contributed by atoms with E-state index in [-0.39, 0.29) is 5.69 Å². The monoisotopic (exact) mass is 312 g/mol. The van der Waals surface area contributed by atoms with Crippen molar-refractivity contribution in [2.45, 2.75) is 26.2 Å². The van der Waals surface area contributed by atoms with E-state index in [1.165, 1.54) is 25.3 Å². The minimum Gasteiger partial charge on any atom is -0.258 e. The molecule has 2 heterocycles. The van der Waals surface area contributed by atoms with Gasteiger partial charge in [0, 0.05) is 17.3 Å². The van der Waals surface area contributed by atoms with Gasteiger partial charge in [-0.3, -0.25) is 10.1 Å². The molecule has 2 aromatic carbocycles. The number of benzene rings is 2. The first-order valence-electron chi connectivity index (χ1n) is 6.44. The van der Waals surface area contributed by atoms with E-state index < -0.39 is 4.92 Å². The van der Waals surface area contributed by atoms with Gasteiger partial charge >= 0.3 is 0 Å². The molecule has 6 heteroatoms. The highest BCUT2D eigenvalue weighted by molar-refractivity contribution is 6.39. The number of fused-ring (bicyclic) bond motifs is 1. The van der Waals surface area contributed by atoms with Crippen LogP contribution >= 0.6 is 23.2 Å². The van der Waals surface area contributed by atoms with Gasteiger partial charge in [0.25, 0.3) is 5.69 Å². The Labute approximate surface area is 126 Å². The highest BCUT2D eigenvalue weighted by atomic mass is 35.5. The van der Waals surface area contributed by atoms with Gasteiger partial charge in [0.15, 0.2) is 5.52 Å². The van der Waals surface area contributed by atoms with Crippen molar-refractivity contribution in [2.24, 2.45) is 0 Å². The Balaban J connectivity index is 0.000000212. The molecule has 0 unspecified atom stereocenters. The molecule has 4 aromatic rings. The lowest BCUT2D eigenvalue weighted by Gasteiger charge is -2.11. The number of aromatic nitrogens is 1. The average molecular weight is 313 g/mol. The van der Waals surface area contributed by atoms with Crippen LogP contribution in [0.5, 0.6) is 0 Å². The third-order valence-electron chi connectivity index (χ3n) is 3.09. The number of alkyl halides is 1. The maximum Gasteiger partial charge on any atom is 0.296 e. The third-order valence-corrected chi connectivity index (χ3v) is 3.67. The molecule has 0 saturated carbocycles. The Morgan fingerprint density at radius 3 is 2.60 bits per heavy atom. The summed E-state index contributed by atoms with van der Waals surface area (Å²) in [4.78, 5) is 14.3. The topological polar surface area (TPSA) is 56.0 Å². The number of non-ortho nitro benzene ring substituents is 1. The summed E-state index contributed by atoms with van der Waals surface area (Å²) in [5.41, 5.74) is 1.22. The summed E-state index contributed by atoms with van der Waals surface area (Å²) >= 11 is 11.3. The highest BCUT2D eigenvalue weighted by Crippen LogP contribution is 2.40. The van der Waals surface area contributed by atoms with Crippen molar-refractivity contribution in [3.05, 3.63) is 33.3 Å². The molecule has 20 heavy (non-hydrogen) atoms. The van der Waals surface area contributed by atoms with E-state index in [9.17, 15) is 10.1 Å². The summed E-state index contributed by atoms with van der Waals surface area (Å²) in [5.74, 6) is 0.827. The van der Waals surface area contributed by atoms with Crippen LogP contribution in [-0.4, -0.2) is 15.8 Å². The van der Waals surface area contributed by atoms with Gasteiger partial charge in [-0.1, -0.05) is 37.4 Å². The summed E-state index contributed by atoms with van der Waals surface area (Å²) in [5, 5.41) is 12.7. The minimum absolute atomic E-state index is 0.0347. The number of unbranched alkanes of at least 4 members (excludes halogenated alkanes) is 2. The molecular weight excluding hydrogens is 299 g/mol. The van der Waals surface area contributed by atoms with Crippen LogP contribution in [0.3, 0.4) is 0 Å². The zero-order chi connectivity index (χ0) is 14.7. The first-order valence-corrected chi connectivity index (χ1v) is 7.35. The molecule has 4 rings (SSSR count). The average Bonchev–Trinajstić information content (AvgIpc) is 2.41. The van der Waals surface area contributed by atoms with E-state index >= 15 is 0 Å². The second kappa shape index (κ2) is 6.37. The van der Waals surface area contributed by atoms with Gasteiger partial charge < -0.3 is 0 Å². The predicted molar refractivity (Wildman–Crippen MR) is 83.5 cm³/mol. The first-order chi connectivity index (χ1) is 9.60. The third kappa shape index (κ3) is 2.72. The van der Waals surface area contributed by atoms with Crippen molar-refractivity contribution in [1.82, 2.24) is 4.98 Å². The van der Waals surface area contributed by atoms with Gasteiger partial charge in [0.05, 0.1) is 20.8 Å². The number of hydrogen-bond donors (Lipinski definition) is 0. The van der Waals surface area contributed by atoms with Crippen LogP contribution < -0.4 is 0 Å². The standard InChI is InChI=1S/C9H3ClN2O2.C5H11Cl/c10-5-2-1-4-3-6(12(13)14)9-7(5)8(4)11-9;1-2-3-4-5-6/h1-3H;2-5H2,1H3. The van der Waals surface area contributed by atoms with Gasteiger partial charge in [0.1, 0.15) is 0 Å². The van der Waals surface area contributed by atoms with Crippen molar-refractivity contribution in [3.63, 3.8) is 0 Å². The lowest BCUT2D eigenvalue weighted by molar-refractivity contribution is -0.383. The van der Waals surface area contributed by atoms with Crippen molar-refractivity contribution < 1.29 is 4.92 Å². The molecule has 0 amide bonds. The van der Waals surface area contributed by atoms with Crippen molar-refractivity contribution >= 4 is 50.7 Å². The number of nitrogens with zero attached hydrogens (tertiary/aromatic N) is 2. The summed E-state index contributed by atoms with van der Waals surface area (Å²) < 4.78 is 0. The van der Waals surface area contributed by atoms with E-state index in [4.69, 9.17) is 23.2 Å². The fourth-order valence-corrected chi connectivity index (χ4v) is 2.48. The van der Waals surface area contributed by atoms with Crippen LogP contribution in [0.2, 0.25) is 5.02 Å². The zero-order valence-electron chi connectivity index (χ0n) is 11.0. The Morgan fingerprint density at radius 1 is 1.30 bits per heavy atom. The second-order valence-corrected chi connectivity index (χ2v) is 5.29. The smallest absolute Gasteiger partial charge is 0.258 e. The number of pyridine rings is 1. The van der Waals surface area contributed by atoms with Crippen LogP contribution in [0.1, 0.15) is 26.2 Å². The summed E-state index contributed by atoms with van der Waals surface area (Å²) in [6.07, 6.45) is 3.73. The molecule has 0 atom stereocenters. The summed E-state index contributed by atoms with van der Waals surface area (Å²) in [6, 6.07) is 5.00. The molecule has 0 aliphatic carbocycles. The molecule has 0 aliphatic heterocycles. The van der Waals surface area contributed by atoms with E-state index in [1.54, 1.807) is 12.1 Å². The molecule has 0 saturated heterocycles. The maximum atomic E-state index is 10.7. The molecule has 2 aromatic heterocycles. The van der Waals surface area contributed by atoms with E-state index in [1.807, 2.05) is 0 Å². The van der Waals surface area contributed by atoms with Gasteiger partial charge in [-0.2, -0.15) is 0 Å². The first kappa shape index (κ1) is 15.0. The Kier molecular flexibility index (Phi) is 4.78. The quantitative estimate of drug-likeness (QED) is 0.286. The molecule has 0 fully saturated rings. The van der Waals surface area contributed by atoms with Gasteiger partial charge in [-0.15, -0.1) is 11.6 Å². The largest absolute Gasteiger partial charge is 0.296 e. The van der Waals surface area contributed by atoms with Gasteiger partial charge in [-0.05, 0) is 12.5 Å². The summed E-state index contributed by atoms with van der Waals surface area (Å²) in [7, 11) is 0. The second-order valence-electron chi connectivity index (χ2n) is 4.50. The Hall–Kier alpha value is -1.39. The molecule has 0 aliphatic rings. The lowest BCUT2D eigenvalue weighted by Crippen LogP contribution is -1.99.